The molecule has 2 heterocycles. The Morgan fingerprint density at radius 3 is 2.13 bits per heavy atom. The van der Waals surface area contributed by atoms with E-state index in [1.807, 2.05) is 91.0 Å². The van der Waals surface area contributed by atoms with Gasteiger partial charge in [0.2, 0.25) is 11.8 Å². The second-order valence-electron chi connectivity index (χ2n) is 20.3. The lowest BCUT2D eigenvalue weighted by Crippen LogP contribution is -2.60. The van der Waals surface area contributed by atoms with Crippen LogP contribution in [0.1, 0.15) is 151 Å². The third kappa shape index (κ3) is 16.2. The molecule has 1 saturated carbocycles. The summed E-state index contributed by atoms with van der Waals surface area (Å²) in [4.78, 5) is 69.6. The topological polar surface area (TPSA) is 176 Å². The van der Waals surface area contributed by atoms with Crippen LogP contribution in [0.25, 0.3) is 0 Å². The van der Waals surface area contributed by atoms with Gasteiger partial charge in [-0.15, -0.1) is 0 Å². The number of hydrogen-bond donors (Lipinski definition) is 4. The van der Waals surface area contributed by atoms with Crippen LogP contribution in [-0.2, 0) is 35.0 Å². The summed E-state index contributed by atoms with van der Waals surface area (Å²) < 4.78 is 17.2. The predicted molar refractivity (Wildman–Crippen MR) is 238 cm³/mol. The number of rotatable bonds is 18. The second kappa shape index (κ2) is 23.0. The van der Waals surface area contributed by atoms with Gasteiger partial charge >= 0.3 is 18.2 Å². The maximum Gasteiger partial charge on any atom is 0.408 e. The molecule has 2 saturated heterocycles. The van der Waals surface area contributed by atoms with E-state index in [2.05, 4.69) is 29.8 Å². The summed E-state index contributed by atoms with van der Waals surface area (Å²) in [6.07, 6.45) is 11.2. The fraction of sp³-hybridized carbons (Fsp3) is 0.729. The Bertz CT molecular complexity index is 1640. The van der Waals surface area contributed by atoms with Crippen molar-refractivity contribution in [1.29, 1.82) is 0 Å². The first kappa shape index (κ1) is 50.5. The lowest BCUT2D eigenvalue weighted by Gasteiger charge is -2.50. The van der Waals surface area contributed by atoms with Crippen molar-refractivity contribution < 1.29 is 43.4 Å². The molecule has 348 valence electrons. The van der Waals surface area contributed by atoms with Crippen LogP contribution in [0.15, 0.2) is 42.5 Å². The van der Waals surface area contributed by atoms with E-state index >= 15 is 0 Å². The summed E-state index contributed by atoms with van der Waals surface area (Å²) in [5.41, 5.74) is -0.811. The minimum atomic E-state index is -0.919. The van der Waals surface area contributed by atoms with Gasteiger partial charge in [-0.3, -0.25) is 9.59 Å². The Morgan fingerprint density at radius 1 is 0.839 bits per heavy atom. The fourth-order valence-corrected chi connectivity index (χ4v) is 9.11. The highest BCUT2D eigenvalue weighted by Gasteiger charge is 2.46. The number of esters is 1. The van der Waals surface area contributed by atoms with Gasteiger partial charge in [0, 0.05) is 37.0 Å². The molecule has 2 aliphatic heterocycles. The zero-order valence-electron chi connectivity index (χ0n) is 39.0. The molecule has 0 unspecified atom stereocenters. The number of nitrogens with one attached hydrogen (secondary N) is 3. The number of alkyl carbamates (subject to hydrolysis) is 2. The molecule has 3 fully saturated rings. The van der Waals surface area contributed by atoms with Crippen LogP contribution >= 0.6 is 0 Å². The van der Waals surface area contributed by atoms with Gasteiger partial charge in [-0.1, -0.05) is 62.8 Å². The van der Waals surface area contributed by atoms with Crippen LogP contribution in [0.4, 0.5) is 9.59 Å². The monoisotopic (exact) mass is 868 g/mol. The highest BCUT2D eigenvalue weighted by Crippen LogP contribution is 2.38. The molecular formula is C48H77N5O9. The van der Waals surface area contributed by atoms with Gasteiger partial charge in [0.1, 0.15) is 29.9 Å². The molecule has 4 amide bonds. The van der Waals surface area contributed by atoms with Gasteiger partial charge < -0.3 is 40.3 Å². The molecule has 1 aliphatic carbocycles. The van der Waals surface area contributed by atoms with Crippen LogP contribution in [-0.4, -0.2) is 105 Å². The van der Waals surface area contributed by atoms with E-state index in [4.69, 9.17) is 14.2 Å². The van der Waals surface area contributed by atoms with Crippen molar-refractivity contribution in [3.8, 4) is 0 Å². The first-order valence-corrected chi connectivity index (χ1v) is 23.1. The third-order valence-corrected chi connectivity index (χ3v) is 12.0. The molecule has 4 N–H and O–H groups in total. The molecule has 4 rings (SSSR count). The summed E-state index contributed by atoms with van der Waals surface area (Å²) in [5, 5.41) is 20.7. The number of piperidine rings is 1. The van der Waals surface area contributed by atoms with Gasteiger partial charge in [-0.2, -0.15) is 5.06 Å². The first-order valence-electron chi connectivity index (χ1n) is 23.1. The smallest absolute Gasteiger partial charge is 0.408 e. The number of unbranched alkanes of at least 4 members (excludes halogenated alkanes) is 1. The van der Waals surface area contributed by atoms with Crippen LogP contribution < -0.4 is 16.0 Å². The number of hydrogen-bond acceptors (Lipinski definition) is 10. The van der Waals surface area contributed by atoms with Crippen molar-refractivity contribution >= 4 is 30.0 Å². The van der Waals surface area contributed by atoms with Gasteiger partial charge in [-0.05, 0) is 131 Å². The molecule has 0 bridgehead atoms. The summed E-state index contributed by atoms with van der Waals surface area (Å²) in [6, 6.07) is 7.65. The standard InChI is InChI=1S/C48H77N5O9/c1-33(2)29-36(50-45(58)62-46(3,4)5)26-25-35(30-34-19-12-10-13-20-34)42(55)52-28-18-24-40(52)41(54)51-39(43(56)60-37-21-14-11-15-22-37)23-16-17-27-49-44(57)61-38-31-47(6,7)53(59)48(8,9)32-38/h10,12-13,19-20,25-26,33,35-40,59H,11,14-18,21-24,27-32H2,1-9H3,(H,49,57)(H,50,58)(H,51,54)/b26-25+/t35-,36-,39+,40+/m1/s1. The van der Waals surface area contributed by atoms with Crippen LogP contribution in [0.5, 0.6) is 0 Å². The summed E-state index contributed by atoms with van der Waals surface area (Å²) >= 11 is 0. The van der Waals surface area contributed by atoms with Crippen molar-refractivity contribution in [2.45, 2.75) is 199 Å². The lowest BCUT2D eigenvalue weighted by molar-refractivity contribution is -0.256. The van der Waals surface area contributed by atoms with E-state index in [0.29, 0.717) is 70.9 Å². The summed E-state index contributed by atoms with van der Waals surface area (Å²) in [6.45, 7) is 17.9. The van der Waals surface area contributed by atoms with E-state index in [9.17, 15) is 29.2 Å². The third-order valence-electron chi connectivity index (χ3n) is 12.0. The van der Waals surface area contributed by atoms with Gasteiger partial charge in [0.05, 0.1) is 12.0 Å². The summed E-state index contributed by atoms with van der Waals surface area (Å²) in [7, 11) is 0. The molecule has 14 heteroatoms. The number of ether oxygens (including phenoxy) is 3. The Labute approximate surface area is 370 Å². The number of hydroxylamine groups is 2. The number of likely N-dealkylation sites (tertiary alicyclic amines) is 1. The first-order chi connectivity index (χ1) is 29.1. The van der Waals surface area contributed by atoms with Gasteiger partial charge in [0.15, 0.2) is 0 Å². The number of carbonyl (C=O) groups is 5. The minimum Gasteiger partial charge on any atom is -0.461 e. The van der Waals surface area contributed by atoms with Gasteiger partial charge in [0.25, 0.3) is 0 Å². The number of nitrogens with zero attached hydrogens (tertiary/aromatic N) is 2. The molecule has 1 aromatic carbocycles. The van der Waals surface area contributed by atoms with E-state index < -0.39 is 58.7 Å². The average Bonchev–Trinajstić information content (AvgIpc) is 3.67. The average molecular weight is 868 g/mol. The Kier molecular flexibility index (Phi) is 18.7. The predicted octanol–water partition coefficient (Wildman–Crippen LogP) is 8.00. The second-order valence-corrected chi connectivity index (χ2v) is 20.3. The lowest BCUT2D eigenvalue weighted by atomic mass is 9.80. The minimum absolute atomic E-state index is 0.195. The van der Waals surface area contributed by atoms with Crippen LogP contribution in [0, 0.1) is 11.8 Å². The zero-order chi connectivity index (χ0) is 45.7. The molecular weight excluding hydrogens is 791 g/mol. The molecule has 62 heavy (non-hydrogen) atoms. The fourth-order valence-electron chi connectivity index (χ4n) is 9.11. The highest BCUT2D eigenvalue weighted by atomic mass is 16.6. The molecule has 3 aliphatic rings. The van der Waals surface area contributed by atoms with Crippen molar-refractivity contribution in [2.24, 2.45) is 11.8 Å². The normalized spacial score (nSPS) is 21.2. The molecule has 4 atom stereocenters. The molecule has 14 nitrogen and oxygen atoms in total. The van der Waals surface area contributed by atoms with E-state index in [1.165, 1.54) is 5.06 Å². The van der Waals surface area contributed by atoms with Crippen molar-refractivity contribution in [3.63, 3.8) is 0 Å². The Morgan fingerprint density at radius 2 is 1.50 bits per heavy atom. The maximum atomic E-state index is 14.5. The Hall–Kier alpha value is -4.17. The van der Waals surface area contributed by atoms with Crippen molar-refractivity contribution in [1.82, 2.24) is 25.9 Å². The molecule has 0 radical (unpaired) electrons. The van der Waals surface area contributed by atoms with Crippen molar-refractivity contribution in [2.75, 3.05) is 13.1 Å². The summed E-state index contributed by atoms with van der Waals surface area (Å²) in [5.74, 6) is -1.44. The largest absolute Gasteiger partial charge is 0.461 e. The van der Waals surface area contributed by atoms with Crippen molar-refractivity contribution in [3.05, 3.63) is 48.0 Å². The Balaban J connectivity index is 1.42. The van der Waals surface area contributed by atoms with Gasteiger partial charge in [-0.25, -0.2) is 14.4 Å². The highest BCUT2D eigenvalue weighted by molar-refractivity contribution is 5.92. The van der Waals surface area contributed by atoms with E-state index in [-0.39, 0.29) is 30.1 Å². The molecule has 0 spiro atoms. The zero-order valence-corrected chi connectivity index (χ0v) is 39.0. The van der Waals surface area contributed by atoms with E-state index in [1.54, 1.807) is 4.90 Å². The quantitative estimate of drug-likeness (QED) is 0.0490. The van der Waals surface area contributed by atoms with E-state index in [0.717, 1.165) is 37.7 Å². The molecule has 0 aromatic heterocycles. The number of carbonyl (C=O) groups excluding carboxylic acids is 5. The maximum absolute atomic E-state index is 14.5. The molecule has 1 aromatic rings. The number of amides is 4. The SMILES string of the molecule is CC(C)C[C@@H](/C=C/[C@H](Cc1ccccc1)C(=O)N1CCC[C@H]1C(=O)N[C@@H](CCCCNC(=O)OC1CC(C)(C)N(O)C(C)(C)C1)C(=O)OC1CCCCC1)NC(=O)OC(C)(C)C. The number of benzene rings is 1. The van der Waals surface area contributed by atoms with Crippen LogP contribution in [0.3, 0.4) is 0 Å². The van der Waals surface area contributed by atoms with Crippen LogP contribution in [0.2, 0.25) is 0 Å².